The zero-order valence-corrected chi connectivity index (χ0v) is 19.4. The lowest BCUT2D eigenvalue weighted by Gasteiger charge is -2.33. The molecule has 0 aromatic heterocycles. The Morgan fingerprint density at radius 2 is 1.44 bits per heavy atom. The average molecular weight is 482 g/mol. The number of hydrogen-bond acceptors (Lipinski definition) is 5. The lowest BCUT2D eigenvalue weighted by molar-refractivity contribution is 0.0686. The minimum Gasteiger partial charge on any atom is -0.478 e. The first kappa shape index (κ1) is 25.1. The summed E-state index contributed by atoms with van der Waals surface area (Å²) in [6.45, 7) is 2.85. The third kappa shape index (κ3) is 6.27. The van der Waals surface area contributed by atoms with Crippen LogP contribution in [0, 0.1) is 0 Å². The van der Waals surface area contributed by atoms with E-state index in [9.17, 15) is 14.7 Å². The second kappa shape index (κ2) is 11.5. The summed E-state index contributed by atoms with van der Waals surface area (Å²) in [7, 11) is 0. The second-order valence-corrected chi connectivity index (χ2v) is 8.56. The number of carboxylic acids is 2. The summed E-state index contributed by atoms with van der Waals surface area (Å²) in [5.74, 6) is -1.78. The van der Waals surface area contributed by atoms with Gasteiger partial charge >= 0.3 is 11.9 Å². The van der Waals surface area contributed by atoms with Crippen molar-refractivity contribution in [2.24, 2.45) is 0 Å². The van der Waals surface area contributed by atoms with Crippen molar-refractivity contribution in [1.29, 1.82) is 0 Å². The Morgan fingerprint density at radius 3 is 2.00 bits per heavy atom. The number of nitrogens with zero attached hydrogens (tertiary/aromatic N) is 1. The number of hydrogen-bond donors (Lipinski definition) is 4. The fourth-order valence-corrected chi connectivity index (χ4v) is 4.37. The van der Waals surface area contributed by atoms with Gasteiger partial charge in [0.2, 0.25) is 0 Å². The van der Waals surface area contributed by atoms with Crippen LogP contribution in [0.15, 0.2) is 66.7 Å². The second-order valence-electron chi connectivity index (χ2n) is 8.16. The van der Waals surface area contributed by atoms with E-state index in [2.05, 4.69) is 29.2 Å². The maximum absolute atomic E-state index is 11.3. The van der Waals surface area contributed by atoms with Crippen molar-refractivity contribution in [3.8, 4) is 0 Å². The summed E-state index contributed by atoms with van der Waals surface area (Å²) in [6.07, 6.45) is 1.87. The predicted octanol–water partition coefficient (Wildman–Crippen LogP) is 4.97. The molecule has 0 amide bonds. The molecule has 0 saturated carbocycles. The van der Waals surface area contributed by atoms with E-state index in [0.29, 0.717) is 11.4 Å². The van der Waals surface area contributed by atoms with E-state index < -0.39 is 11.9 Å². The van der Waals surface area contributed by atoms with E-state index in [1.54, 1.807) is 24.3 Å². The Balaban J connectivity index is 0.000000271. The van der Waals surface area contributed by atoms with Gasteiger partial charge in [-0.05, 0) is 61.7 Å². The Morgan fingerprint density at radius 1 is 0.853 bits per heavy atom. The summed E-state index contributed by atoms with van der Waals surface area (Å²) < 4.78 is 0. The highest BCUT2D eigenvalue weighted by Crippen LogP contribution is 2.37. The van der Waals surface area contributed by atoms with E-state index in [0.717, 1.165) is 38.0 Å². The molecule has 6 N–H and O–H groups in total. The molecule has 0 atom stereocenters. The number of halogens is 1. The number of nitrogen functional groups attached to an aromatic ring is 2. The molecule has 1 aliphatic rings. The number of benzene rings is 3. The van der Waals surface area contributed by atoms with Gasteiger partial charge in [-0.15, -0.1) is 0 Å². The number of rotatable bonds is 5. The van der Waals surface area contributed by atoms with Crippen molar-refractivity contribution in [1.82, 2.24) is 4.90 Å². The number of nitrogens with two attached hydrogens (primary N) is 2. The normalized spacial score (nSPS) is 14.1. The number of anilines is 2. The van der Waals surface area contributed by atoms with Crippen molar-refractivity contribution in [3.63, 3.8) is 0 Å². The van der Waals surface area contributed by atoms with Crippen LogP contribution in [0.5, 0.6) is 0 Å². The molecule has 1 heterocycles. The summed E-state index contributed by atoms with van der Waals surface area (Å²) in [5.41, 5.74) is 15.5. The van der Waals surface area contributed by atoms with E-state index in [-0.39, 0.29) is 22.1 Å². The molecule has 3 aromatic rings. The van der Waals surface area contributed by atoms with Crippen molar-refractivity contribution in [2.75, 3.05) is 24.6 Å². The van der Waals surface area contributed by atoms with Gasteiger partial charge in [-0.1, -0.05) is 54.1 Å². The molecule has 0 bridgehead atoms. The molecule has 1 aliphatic heterocycles. The number of likely N-dealkylation sites (tertiary alicyclic amines) is 1. The van der Waals surface area contributed by atoms with E-state index in [4.69, 9.17) is 28.2 Å². The summed E-state index contributed by atoms with van der Waals surface area (Å²) in [6, 6.07) is 19.9. The number of piperidine rings is 1. The molecule has 178 valence electrons. The number of carbonyl (C=O) groups is 2. The maximum atomic E-state index is 11.3. The third-order valence-electron chi connectivity index (χ3n) is 5.90. The van der Waals surface area contributed by atoms with Gasteiger partial charge in [-0.2, -0.15) is 0 Å². The third-order valence-corrected chi connectivity index (χ3v) is 6.23. The molecule has 34 heavy (non-hydrogen) atoms. The van der Waals surface area contributed by atoms with Crippen LogP contribution in [0.1, 0.15) is 50.6 Å². The Labute approximate surface area is 203 Å². The van der Waals surface area contributed by atoms with Crippen molar-refractivity contribution in [3.05, 3.63) is 94.0 Å². The van der Waals surface area contributed by atoms with Crippen LogP contribution in [0.3, 0.4) is 0 Å². The van der Waals surface area contributed by atoms with Crippen LogP contribution in [0.2, 0.25) is 5.02 Å². The van der Waals surface area contributed by atoms with Crippen molar-refractivity contribution < 1.29 is 19.8 Å². The first-order valence-electron chi connectivity index (χ1n) is 10.9. The molecule has 0 aliphatic carbocycles. The van der Waals surface area contributed by atoms with Crippen molar-refractivity contribution >= 4 is 34.9 Å². The zero-order chi connectivity index (χ0) is 24.7. The molecule has 8 heteroatoms. The molecule has 1 fully saturated rings. The van der Waals surface area contributed by atoms with Gasteiger partial charge in [-0.3, -0.25) is 4.90 Å². The highest BCUT2D eigenvalue weighted by Gasteiger charge is 2.26. The molecule has 1 saturated heterocycles. The molecule has 3 aromatic carbocycles. The van der Waals surface area contributed by atoms with Gasteiger partial charge in [-0.25, -0.2) is 9.59 Å². The van der Waals surface area contributed by atoms with E-state index in [1.165, 1.54) is 17.7 Å². The number of aromatic carboxylic acids is 2. The monoisotopic (exact) mass is 481 g/mol. The molecule has 7 nitrogen and oxygen atoms in total. The fraction of sp³-hybridized carbons (Fsp3) is 0.231. The summed E-state index contributed by atoms with van der Waals surface area (Å²) in [5, 5.41) is 18.0. The molecular weight excluding hydrogens is 454 g/mol. The topological polar surface area (TPSA) is 130 Å². The smallest absolute Gasteiger partial charge is 0.337 e. The SMILES string of the molecule is Nc1ccc(C(=O)O)c(N)c1C1CCN(Cc2ccccc2)CC1.O=C(O)c1ccccc1Cl. The van der Waals surface area contributed by atoms with Crippen LogP contribution in [-0.4, -0.2) is 40.1 Å². The Hall–Kier alpha value is -3.55. The standard InChI is InChI=1S/C19H23N3O2.C7H5ClO2/c20-16-7-6-15(19(23)24)18(21)17(16)14-8-10-22(11-9-14)12-13-4-2-1-3-5-13;8-6-4-2-1-3-5(6)7(9)10/h1-7,14H,8-12,20-21H2,(H,23,24);1-4H,(H,9,10). The minimum absolute atomic E-state index is 0.143. The van der Waals surface area contributed by atoms with Gasteiger partial charge in [0, 0.05) is 17.8 Å². The summed E-state index contributed by atoms with van der Waals surface area (Å²) in [4.78, 5) is 24.0. The molecule has 0 spiro atoms. The van der Waals surface area contributed by atoms with Gasteiger partial charge in [0.1, 0.15) is 0 Å². The van der Waals surface area contributed by atoms with Gasteiger partial charge in [0.15, 0.2) is 0 Å². The minimum atomic E-state index is -1.00. The van der Waals surface area contributed by atoms with Gasteiger partial charge < -0.3 is 21.7 Å². The molecule has 0 radical (unpaired) electrons. The predicted molar refractivity (Wildman–Crippen MR) is 134 cm³/mol. The Bertz CT molecular complexity index is 1150. The van der Waals surface area contributed by atoms with Crippen LogP contribution in [0.4, 0.5) is 11.4 Å². The largest absolute Gasteiger partial charge is 0.478 e. The zero-order valence-electron chi connectivity index (χ0n) is 18.7. The van der Waals surface area contributed by atoms with Crippen LogP contribution < -0.4 is 11.5 Å². The fourth-order valence-electron chi connectivity index (χ4n) is 4.15. The van der Waals surface area contributed by atoms with E-state index >= 15 is 0 Å². The Kier molecular flexibility index (Phi) is 8.51. The lowest BCUT2D eigenvalue weighted by atomic mass is 9.86. The maximum Gasteiger partial charge on any atom is 0.337 e. The highest BCUT2D eigenvalue weighted by atomic mass is 35.5. The van der Waals surface area contributed by atoms with Gasteiger partial charge in [0.05, 0.1) is 21.8 Å². The van der Waals surface area contributed by atoms with Crippen LogP contribution in [0.25, 0.3) is 0 Å². The highest BCUT2D eigenvalue weighted by molar-refractivity contribution is 6.33. The molecule has 0 unspecified atom stereocenters. The van der Waals surface area contributed by atoms with Crippen LogP contribution >= 0.6 is 11.6 Å². The van der Waals surface area contributed by atoms with Crippen LogP contribution in [-0.2, 0) is 6.54 Å². The first-order chi connectivity index (χ1) is 16.3. The average Bonchev–Trinajstić information content (AvgIpc) is 2.81. The van der Waals surface area contributed by atoms with E-state index in [1.807, 2.05) is 6.07 Å². The van der Waals surface area contributed by atoms with Crippen molar-refractivity contribution in [2.45, 2.75) is 25.3 Å². The molecular formula is C26H28ClN3O4. The summed E-state index contributed by atoms with van der Waals surface area (Å²) >= 11 is 5.54. The first-order valence-corrected chi connectivity index (χ1v) is 11.3. The lowest BCUT2D eigenvalue weighted by Crippen LogP contribution is -2.33. The molecule has 4 rings (SSSR count). The quantitative estimate of drug-likeness (QED) is 0.378. The van der Waals surface area contributed by atoms with Gasteiger partial charge in [0.25, 0.3) is 0 Å². The number of carboxylic acid groups (broad SMARTS) is 2.